The zero-order valence-corrected chi connectivity index (χ0v) is 15.4. The second-order valence-electron chi connectivity index (χ2n) is 6.23. The van der Waals surface area contributed by atoms with Gasteiger partial charge in [0.2, 0.25) is 0 Å². The van der Waals surface area contributed by atoms with Gasteiger partial charge in [0.05, 0.1) is 6.61 Å². The smallest absolute Gasteiger partial charge is 0.341 e. The molecule has 0 saturated heterocycles. The summed E-state index contributed by atoms with van der Waals surface area (Å²) in [4.78, 5) is 24.8. The summed E-state index contributed by atoms with van der Waals surface area (Å²) in [5, 5.41) is 9.36. The lowest BCUT2D eigenvalue weighted by atomic mass is 10.0. The van der Waals surface area contributed by atoms with Crippen LogP contribution in [0.5, 0.6) is 5.75 Å². The van der Waals surface area contributed by atoms with Gasteiger partial charge < -0.3 is 9.84 Å². The zero-order valence-electron chi connectivity index (χ0n) is 15.4. The molecule has 0 aliphatic rings. The molecule has 0 aromatic heterocycles. The van der Waals surface area contributed by atoms with Crippen molar-refractivity contribution in [3.8, 4) is 5.75 Å². The molecule has 0 aliphatic carbocycles. The molecule has 0 unspecified atom stereocenters. The van der Waals surface area contributed by atoms with Gasteiger partial charge in [-0.3, -0.25) is 4.79 Å². The van der Waals surface area contributed by atoms with Crippen LogP contribution in [-0.2, 0) is 14.3 Å². The molecule has 25 heavy (non-hydrogen) atoms. The largest absolute Gasteiger partial charge is 0.508 e. The predicted molar refractivity (Wildman–Crippen MR) is 100 cm³/mol. The number of hydrogen-bond acceptors (Lipinski definition) is 4. The van der Waals surface area contributed by atoms with Crippen LogP contribution in [0.1, 0.15) is 70.8 Å². The van der Waals surface area contributed by atoms with Crippen molar-refractivity contribution in [2.45, 2.75) is 65.2 Å². The fourth-order valence-corrected chi connectivity index (χ4v) is 2.40. The highest BCUT2D eigenvalue weighted by Gasteiger charge is 2.19. The minimum Gasteiger partial charge on any atom is -0.508 e. The number of phenolic OH excluding ortho intramolecular Hbond substituents is 1. The Bertz CT molecular complexity index is 558. The van der Waals surface area contributed by atoms with Gasteiger partial charge >= 0.3 is 5.97 Å². The van der Waals surface area contributed by atoms with E-state index >= 15 is 0 Å². The second kappa shape index (κ2) is 12.3. The first-order chi connectivity index (χ1) is 12.1. The van der Waals surface area contributed by atoms with Crippen LogP contribution >= 0.6 is 0 Å². The van der Waals surface area contributed by atoms with E-state index in [9.17, 15) is 14.7 Å². The summed E-state index contributed by atoms with van der Waals surface area (Å²) >= 11 is 0. The Morgan fingerprint density at radius 3 is 2.24 bits per heavy atom. The Hall–Kier alpha value is -2.10. The van der Waals surface area contributed by atoms with E-state index < -0.39 is 5.97 Å². The average Bonchev–Trinajstić information content (AvgIpc) is 2.61. The standard InChI is InChI=1S/C21H30O4/c1-3-5-7-8-9-10-20(23)19(21(24)25-15-6-4-2)16-17-11-13-18(22)14-12-17/h11-14,16,22H,3-10,15H2,1-2H3. The summed E-state index contributed by atoms with van der Waals surface area (Å²) in [5.41, 5.74) is 0.789. The highest BCUT2D eigenvalue weighted by molar-refractivity contribution is 6.20. The zero-order chi connectivity index (χ0) is 18.5. The Kier molecular flexibility index (Phi) is 10.3. The number of ether oxygens (including phenoxy) is 1. The number of hydrogen-bond donors (Lipinski definition) is 1. The van der Waals surface area contributed by atoms with Gasteiger partial charge in [-0.05, 0) is 36.6 Å². The number of carbonyl (C=O) groups is 2. The average molecular weight is 346 g/mol. The third-order valence-electron chi connectivity index (χ3n) is 3.96. The Balaban J connectivity index is 2.77. The number of Topliss-reactive ketones (excluding diaryl/α,β-unsaturated/α-hetero) is 1. The van der Waals surface area contributed by atoms with Crippen molar-refractivity contribution in [3.63, 3.8) is 0 Å². The predicted octanol–water partition coefficient (Wildman–Crippen LogP) is 5.05. The van der Waals surface area contributed by atoms with Crippen LogP contribution < -0.4 is 0 Å². The van der Waals surface area contributed by atoms with Crippen LogP contribution in [-0.4, -0.2) is 23.5 Å². The minimum absolute atomic E-state index is 0.0947. The van der Waals surface area contributed by atoms with Crippen molar-refractivity contribution in [2.75, 3.05) is 6.61 Å². The van der Waals surface area contributed by atoms with E-state index in [4.69, 9.17) is 4.74 Å². The van der Waals surface area contributed by atoms with Crippen LogP contribution in [0.2, 0.25) is 0 Å². The van der Waals surface area contributed by atoms with Crippen molar-refractivity contribution in [3.05, 3.63) is 35.4 Å². The van der Waals surface area contributed by atoms with Crippen LogP contribution in [0.25, 0.3) is 6.08 Å². The highest BCUT2D eigenvalue weighted by Crippen LogP contribution is 2.16. The molecule has 0 saturated carbocycles. The Morgan fingerprint density at radius 1 is 0.960 bits per heavy atom. The fraction of sp³-hybridized carbons (Fsp3) is 0.524. The maximum absolute atomic E-state index is 12.5. The topological polar surface area (TPSA) is 63.6 Å². The quantitative estimate of drug-likeness (QED) is 0.189. The molecule has 0 atom stereocenters. The van der Waals surface area contributed by atoms with Gasteiger partial charge in [0, 0.05) is 6.42 Å². The summed E-state index contributed by atoms with van der Waals surface area (Å²) in [6.07, 6.45) is 8.84. The van der Waals surface area contributed by atoms with E-state index in [0.29, 0.717) is 18.6 Å². The number of ketones is 1. The Morgan fingerprint density at radius 2 is 1.60 bits per heavy atom. The van der Waals surface area contributed by atoms with Gasteiger partial charge in [0.25, 0.3) is 0 Å². The molecular weight excluding hydrogens is 316 g/mol. The van der Waals surface area contributed by atoms with Gasteiger partial charge in [-0.15, -0.1) is 0 Å². The summed E-state index contributed by atoms with van der Waals surface area (Å²) in [7, 11) is 0. The van der Waals surface area contributed by atoms with Gasteiger partial charge in [-0.25, -0.2) is 4.79 Å². The molecule has 0 fully saturated rings. The molecule has 0 bridgehead atoms. The lowest BCUT2D eigenvalue weighted by molar-refractivity contribution is -0.140. The maximum atomic E-state index is 12.5. The van der Waals surface area contributed by atoms with Crippen LogP contribution in [0.15, 0.2) is 29.8 Å². The van der Waals surface area contributed by atoms with Crippen LogP contribution in [0, 0.1) is 0 Å². The van der Waals surface area contributed by atoms with E-state index in [0.717, 1.165) is 38.5 Å². The molecule has 1 aromatic rings. The summed E-state index contributed by atoms with van der Waals surface area (Å²) in [6.45, 7) is 4.49. The maximum Gasteiger partial charge on any atom is 0.341 e. The highest BCUT2D eigenvalue weighted by atomic mass is 16.5. The van der Waals surface area contributed by atoms with Gasteiger partial charge in [-0.1, -0.05) is 58.1 Å². The number of phenols is 1. The van der Waals surface area contributed by atoms with Crippen molar-refractivity contribution < 1.29 is 19.4 Å². The van der Waals surface area contributed by atoms with Crippen molar-refractivity contribution >= 4 is 17.8 Å². The second-order valence-corrected chi connectivity index (χ2v) is 6.23. The first-order valence-corrected chi connectivity index (χ1v) is 9.29. The third-order valence-corrected chi connectivity index (χ3v) is 3.96. The Labute approximate surface area is 150 Å². The molecule has 4 nitrogen and oxygen atoms in total. The lowest BCUT2D eigenvalue weighted by Crippen LogP contribution is -2.16. The first-order valence-electron chi connectivity index (χ1n) is 9.29. The molecule has 0 spiro atoms. The van der Waals surface area contributed by atoms with E-state index in [2.05, 4.69) is 6.92 Å². The van der Waals surface area contributed by atoms with E-state index in [1.165, 1.54) is 18.6 Å². The van der Waals surface area contributed by atoms with E-state index in [1.54, 1.807) is 18.2 Å². The summed E-state index contributed by atoms with van der Waals surface area (Å²) in [5.74, 6) is -0.586. The molecule has 0 radical (unpaired) electrons. The number of benzene rings is 1. The number of unbranched alkanes of at least 4 members (excludes halogenated alkanes) is 5. The minimum atomic E-state index is -0.555. The van der Waals surface area contributed by atoms with Crippen LogP contribution in [0.4, 0.5) is 0 Å². The number of esters is 1. The van der Waals surface area contributed by atoms with E-state index in [-0.39, 0.29) is 17.1 Å². The van der Waals surface area contributed by atoms with Crippen molar-refractivity contribution in [1.82, 2.24) is 0 Å². The van der Waals surface area contributed by atoms with Gasteiger partial charge in [-0.2, -0.15) is 0 Å². The summed E-state index contributed by atoms with van der Waals surface area (Å²) in [6, 6.07) is 6.40. The normalized spacial score (nSPS) is 11.4. The molecule has 0 heterocycles. The van der Waals surface area contributed by atoms with Crippen molar-refractivity contribution in [1.29, 1.82) is 0 Å². The SMILES string of the molecule is CCCCCCCC(=O)C(=Cc1ccc(O)cc1)C(=O)OCCCC. The molecule has 1 rings (SSSR count). The van der Waals surface area contributed by atoms with Gasteiger partial charge in [0.15, 0.2) is 5.78 Å². The number of aromatic hydroxyl groups is 1. The number of rotatable bonds is 12. The fourth-order valence-electron chi connectivity index (χ4n) is 2.40. The summed E-state index contributed by atoms with van der Waals surface area (Å²) < 4.78 is 5.23. The lowest BCUT2D eigenvalue weighted by Gasteiger charge is -2.08. The molecule has 0 aliphatic heterocycles. The first kappa shape index (κ1) is 20.9. The monoisotopic (exact) mass is 346 g/mol. The molecule has 1 aromatic carbocycles. The number of carbonyl (C=O) groups excluding carboxylic acids is 2. The molecule has 1 N–H and O–H groups in total. The molecular formula is C21H30O4. The molecule has 0 amide bonds. The van der Waals surface area contributed by atoms with Crippen molar-refractivity contribution in [2.24, 2.45) is 0 Å². The van der Waals surface area contributed by atoms with Crippen LogP contribution in [0.3, 0.4) is 0 Å². The molecule has 138 valence electrons. The third kappa shape index (κ3) is 8.52. The van der Waals surface area contributed by atoms with Gasteiger partial charge in [0.1, 0.15) is 11.3 Å². The van der Waals surface area contributed by atoms with E-state index in [1.807, 2.05) is 6.92 Å². The molecule has 4 heteroatoms.